The molecule has 2 aromatic rings. The van der Waals surface area contributed by atoms with Crippen LogP contribution in [0.5, 0.6) is 11.5 Å². The van der Waals surface area contributed by atoms with Crippen molar-refractivity contribution in [3.8, 4) is 11.5 Å². The molecule has 140 valence electrons. The lowest BCUT2D eigenvalue weighted by Crippen LogP contribution is -2.40. The monoisotopic (exact) mass is 365 g/mol. The van der Waals surface area contributed by atoms with Crippen molar-refractivity contribution in [2.45, 2.75) is 26.7 Å². The first kappa shape index (κ1) is 17.6. The number of rotatable bonds is 3. The molecule has 2 aliphatic rings. The summed E-state index contributed by atoms with van der Waals surface area (Å²) in [6, 6.07) is 11.2. The summed E-state index contributed by atoms with van der Waals surface area (Å²) in [5, 5.41) is 0. The number of ether oxygens (including phenoxy) is 2. The van der Waals surface area contributed by atoms with E-state index in [1.54, 1.807) is 18.2 Å². The van der Waals surface area contributed by atoms with Gasteiger partial charge in [-0.3, -0.25) is 9.59 Å². The minimum atomic E-state index is -0.0225. The highest BCUT2D eigenvalue weighted by molar-refractivity contribution is 5.99. The third-order valence-corrected chi connectivity index (χ3v) is 5.42. The highest BCUT2D eigenvalue weighted by Gasteiger charge is 2.29. The zero-order valence-corrected chi connectivity index (χ0v) is 15.7. The van der Waals surface area contributed by atoms with Crippen molar-refractivity contribution in [3.05, 3.63) is 58.7 Å². The molecule has 4 rings (SSSR count). The number of ketones is 1. The van der Waals surface area contributed by atoms with Crippen LogP contribution in [-0.4, -0.2) is 36.5 Å². The SMILES string of the molecule is Cc1ccc(C(=O)C2CCN(C(=O)c3ccc4c(c3)OCO4)CC2)c(C)c1. The number of hydrogen-bond donors (Lipinski definition) is 0. The summed E-state index contributed by atoms with van der Waals surface area (Å²) in [4.78, 5) is 27.5. The van der Waals surface area contributed by atoms with Gasteiger partial charge in [0.25, 0.3) is 5.91 Å². The zero-order valence-electron chi connectivity index (χ0n) is 15.7. The molecule has 2 aromatic carbocycles. The van der Waals surface area contributed by atoms with E-state index >= 15 is 0 Å². The first-order valence-corrected chi connectivity index (χ1v) is 9.33. The van der Waals surface area contributed by atoms with E-state index in [2.05, 4.69) is 0 Å². The smallest absolute Gasteiger partial charge is 0.253 e. The Morgan fingerprint density at radius 3 is 2.44 bits per heavy atom. The summed E-state index contributed by atoms with van der Waals surface area (Å²) in [6.07, 6.45) is 1.39. The van der Waals surface area contributed by atoms with Gasteiger partial charge in [0.15, 0.2) is 17.3 Å². The molecule has 1 saturated heterocycles. The summed E-state index contributed by atoms with van der Waals surface area (Å²) in [5.74, 6) is 1.44. The molecule has 0 atom stereocenters. The number of nitrogens with zero attached hydrogens (tertiary/aromatic N) is 1. The Hall–Kier alpha value is -2.82. The van der Waals surface area contributed by atoms with Gasteiger partial charge >= 0.3 is 0 Å². The van der Waals surface area contributed by atoms with Crippen LogP contribution in [0.2, 0.25) is 0 Å². The molecule has 2 heterocycles. The number of Topliss-reactive ketones (excluding diaryl/α,β-unsaturated/α-hetero) is 1. The number of aryl methyl sites for hydroxylation is 2. The van der Waals surface area contributed by atoms with E-state index in [1.807, 2.05) is 36.9 Å². The van der Waals surface area contributed by atoms with Crippen LogP contribution in [0.3, 0.4) is 0 Å². The van der Waals surface area contributed by atoms with E-state index in [0.717, 1.165) is 16.7 Å². The average Bonchev–Trinajstić information content (AvgIpc) is 3.15. The Bertz CT molecular complexity index is 897. The van der Waals surface area contributed by atoms with Gasteiger partial charge in [0, 0.05) is 30.1 Å². The van der Waals surface area contributed by atoms with E-state index < -0.39 is 0 Å². The van der Waals surface area contributed by atoms with Crippen molar-refractivity contribution < 1.29 is 19.1 Å². The van der Waals surface area contributed by atoms with E-state index in [1.165, 1.54) is 0 Å². The molecule has 0 N–H and O–H groups in total. The summed E-state index contributed by atoms with van der Waals surface area (Å²) in [7, 11) is 0. The summed E-state index contributed by atoms with van der Waals surface area (Å²) < 4.78 is 10.6. The molecule has 0 spiro atoms. The Balaban J connectivity index is 1.41. The fourth-order valence-electron chi connectivity index (χ4n) is 3.87. The van der Waals surface area contributed by atoms with Gasteiger partial charge in [-0.15, -0.1) is 0 Å². The normalized spacial score (nSPS) is 16.4. The molecule has 27 heavy (non-hydrogen) atoms. The predicted molar refractivity (Wildman–Crippen MR) is 101 cm³/mol. The van der Waals surface area contributed by atoms with Gasteiger partial charge in [0.05, 0.1) is 0 Å². The molecule has 5 heteroatoms. The van der Waals surface area contributed by atoms with Crippen molar-refractivity contribution in [1.82, 2.24) is 4.90 Å². The molecule has 0 bridgehead atoms. The summed E-state index contributed by atoms with van der Waals surface area (Å²) >= 11 is 0. The lowest BCUT2D eigenvalue weighted by Gasteiger charge is -2.31. The van der Waals surface area contributed by atoms with Crippen LogP contribution in [0.25, 0.3) is 0 Å². The molecule has 5 nitrogen and oxygen atoms in total. The van der Waals surface area contributed by atoms with E-state index in [0.29, 0.717) is 43.0 Å². The van der Waals surface area contributed by atoms with Crippen LogP contribution in [0.15, 0.2) is 36.4 Å². The molecule has 1 amide bonds. The zero-order chi connectivity index (χ0) is 19.0. The molecular formula is C22H23NO4. The van der Waals surface area contributed by atoms with Crippen molar-refractivity contribution in [2.75, 3.05) is 19.9 Å². The summed E-state index contributed by atoms with van der Waals surface area (Å²) in [5.41, 5.74) is 3.59. The van der Waals surface area contributed by atoms with Crippen LogP contribution >= 0.6 is 0 Å². The number of benzene rings is 2. The number of carbonyl (C=O) groups is 2. The van der Waals surface area contributed by atoms with E-state index in [-0.39, 0.29) is 24.4 Å². The third-order valence-electron chi connectivity index (χ3n) is 5.42. The van der Waals surface area contributed by atoms with Crippen LogP contribution in [0.4, 0.5) is 0 Å². The quantitative estimate of drug-likeness (QED) is 0.777. The van der Waals surface area contributed by atoms with Crippen molar-refractivity contribution in [3.63, 3.8) is 0 Å². The molecule has 0 unspecified atom stereocenters. The third kappa shape index (κ3) is 3.42. The van der Waals surface area contributed by atoms with Crippen LogP contribution in [-0.2, 0) is 0 Å². The van der Waals surface area contributed by atoms with Gasteiger partial charge in [-0.1, -0.05) is 23.8 Å². The number of likely N-dealkylation sites (tertiary alicyclic amines) is 1. The van der Waals surface area contributed by atoms with Crippen molar-refractivity contribution in [2.24, 2.45) is 5.92 Å². The Morgan fingerprint density at radius 2 is 1.70 bits per heavy atom. The number of amides is 1. The first-order chi connectivity index (χ1) is 13.0. The fraction of sp³-hybridized carbons (Fsp3) is 0.364. The maximum atomic E-state index is 12.9. The Labute approximate surface area is 158 Å². The second kappa shape index (κ2) is 7.06. The van der Waals surface area contributed by atoms with Gasteiger partial charge in [0.1, 0.15) is 0 Å². The number of hydrogen-bond acceptors (Lipinski definition) is 4. The molecular weight excluding hydrogens is 342 g/mol. The topological polar surface area (TPSA) is 55.8 Å². The van der Waals surface area contributed by atoms with Crippen LogP contribution in [0.1, 0.15) is 44.7 Å². The van der Waals surface area contributed by atoms with Crippen molar-refractivity contribution >= 4 is 11.7 Å². The number of fused-ring (bicyclic) bond motifs is 1. The molecule has 0 aliphatic carbocycles. The largest absolute Gasteiger partial charge is 0.454 e. The highest BCUT2D eigenvalue weighted by atomic mass is 16.7. The van der Waals surface area contributed by atoms with E-state index in [4.69, 9.17) is 9.47 Å². The minimum absolute atomic E-state index is 0.0211. The fourth-order valence-corrected chi connectivity index (χ4v) is 3.87. The molecule has 0 saturated carbocycles. The Morgan fingerprint density at radius 1 is 0.963 bits per heavy atom. The van der Waals surface area contributed by atoms with E-state index in [9.17, 15) is 9.59 Å². The molecule has 0 radical (unpaired) electrons. The highest BCUT2D eigenvalue weighted by Crippen LogP contribution is 2.33. The molecule has 0 aromatic heterocycles. The Kier molecular flexibility index (Phi) is 4.60. The van der Waals surface area contributed by atoms with Gasteiger partial charge in [-0.2, -0.15) is 0 Å². The standard InChI is InChI=1S/C22H23NO4/c1-14-3-5-18(15(2)11-14)21(24)16-7-9-23(10-8-16)22(25)17-4-6-19-20(12-17)27-13-26-19/h3-6,11-12,16H,7-10,13H2,1-2H3. The van der Waals surface area contributed by atoms with Gasteiger partial charge in [-0.25, -0.2) is 0 Å². The minimum Gasteiger partial charge on any atom is -0.454 e. The lowest BCUT2D eigenvalue weighted by molar-refractivity contribution is 0.0650. The average molecular weight is 365 g/mol. The first-order valence-electron chi connectivity index (χ1n) is 9.33. The second-order valence-electron chi connectivity index (χ2n) is 7.32. The van der Waals surface area contributed by atoms with Crippen molar-refractivity contribution in [1.29, 1.82) is 0 Å². The molecule has 2 aliphatic heterocycles. The number of piperidine rings is 1. The molecule has 1 fully saturated rings. The number of carbonyl (C=O) groups excluding carboxylic acids is 2. The van der Waals surface area contributed by atoms with Crippen LogP contribution < -0.4 is 9.47 Å². The predicted octanol–water partition coefficient (Wildman–Crippen LogP) is 3.77. The van der Waals surface area contributed by atoms with Gasteiger partial charge in [0.2, 0.25) is 6.79 Å². The summed E-state index contributed by atoms with van der Waals surface area (Å²) in [6.45, 7) is 5.39. The lowest BCUT2D eigenvalue weighted by atomic mass is 9.87. The second-order valence-corrected chi connectivity index (χ2v) is 7.32. The van der Waals surface area contributed by atoms with Crippen LogP contribution in [0, 0.1) is 19.8 Å². The van der Waals surface area contributed by atoms with Gasteiger partial charge in [-0.05, 0) is 50.5 Å². The maximum absolute atomic E-state index is 12.9. The maximum Gasteiger partial charge on any atom is 0.253 e. The van der Waals surface area contributed by atoms with Gasteiger partial charge < -0.3 is 14.4 Å².